The topological polar surface area (TPSA) is 178 Å². The molecule has 0 saturated carbocycles. The molecule has 1 aliphatic rings. The van der Waals surface area contributed by atoms with E-state index in [4.69, 9.17) is 18.9 Å². The molecule has 0 aromatic rings. The highest BCUT2D eigenvalue weighted by Gasteiger charge is 2.48. The molecule has 0 aromatic carbocycles. The molecule has 1 aliphatic heterocycles. The number of hydrogen-bond acceptors (Lipinski definition) is 11. The number of aliphatic hydroxyl groups is 3. The summed E-state index contributed by atoms with van der Waals surface area (Å²) in [5, 5.41) is 30.8. The van der Waals surface area contributed by atoms with Crippen LogP contribution in [-0.2, 0) is 38.3 Å². The van der Waals surface area contributed by atoms with E-state index >= 15 is 0 Å². The van der Waals surface area contributed by atoms with Gasteiger partial charge in [-0.1, -0.05) is 216 Å². The Balaban J connectivity index is 2.30. The maximum atomic E-state index is 13.0. The average molecular weight is 1040 g/mol. The summed E-state index contributed by atoms with van der Waals surface area (Å²) in [6, 6.07) is 0. The highest BCUT2D eigenvalue weighted by atomic mass is 32.3. The lowest BCUT2D eigenvalue weighted by molar-refractivity contribution is -0.301. The molecule has 6 atom stereocenters. The number of aliphatic hydroxyl groups excluding tert-OH is 3. The molecule has 72 heavy (non-hydrogen) atoms. The first-order valence-electron chi connectivity index (χ1n) is 29.0. The summed E-state index contributed by atoms with van der Waals surface area (Å²) in [4.78, 5) is 13.0. The van der Waals surface area contributed by atoms with Gasteiger partial charge in [0.1, 0.15) is 30.5 Å². The van der Waals surface area contributed by atoms with E-state index in [2.05, 4.69) is 78.8 Å². The zero-order chi connectivity index (χ0) is 52.4. The van der Waals surface area contributed by atoms with Crippen LogP contribution in [0.4, 0.5) is 0 Å². The number of carbonyl (C=O) groups excluding carboxylic acids is 1. The van der Waals surface area contributed by atoms with Gasteiger partial charge in [-0.3, -0.25) is 9.35 Å². The van der Waals surface area contributed by atoms with Gasteiger partial charge in [-0.05, 0) is 83.5 Å². The van der Waals surface area contributed by atoms with Crippen molar-refractivity contribution in [2.24, 2.45) is 0 Å². The molecule has 1 rings (SSSR count). The van der Waals surface area contributed by atoms with Crippen molar-refractivity contribution in [2.45, 2.75) is 282 Å². The Morgan fingerprint density at radius 3 is 1.36 bits per heavy atom. The average Bonchev–Trinajstić information content (AvgIpc) is 3.36. The summed E-state index contributed by atoms with van der Waals surface area (Å²) in [7, 11) is -5.07. The number of ether oxygens (including phenoxy) is 4. The monoisotopic (exact) mass is 1040 g/mol. The minimum Gasteiger partial charge on any atom is -0.457 e. The molecule has 420 valence electrons. The van der Waals surface area contributed by atoms with Crippen molar-refractivity contribution in [3.05, 3.63) is 60.8 Å². The molecular formula is C59H106O12S. The molecule has 0 bridgehead atoms. The number of rotatable bonds is 51. The number of hydrogen-bond donors (Lipinski definition) is 4. The summed E-state index contributed by atoms with van der Waals surface area (Å²) in [5.74, 6) is -0.402. The number of allylic oxidation sites excluding steroid dienone is 10. The largest absolute Gasteiger partial charge is 0.457 e. The van der Waals surface area contributed by atoms with Gasteiger partial charge in [0, 0.05) is 13.0 Å². The zero-order valence-electron chi connectivity index (χ0n) is 45.5. The van der Waals surface area contributed by atoms with Gasteiger partial charge in [0.05, 0.1) is 19.8 Å². The first-order valence-corrected chi connectivity index (χ1v) is 30.4. The van der Waals surface area contributed by atoms with E-state index in [-0.39, 0.29) is 19.6 Å². The first-order chi connectivity index (χ1) is 35.1. The quantitative estimate of drug-likeness (QED) is 0.0196. The maximum absolute atomic E-state index is 13.0. The summed E-state index contributed by atoms with van der Waals surface area (Å²) in [6.45, 7) is 3.96. The van der Waals surface area contributed by atoms with Crippen LogP contribution in [0, 0.1) is 0 Å². The molecule has 6 unspecified atom stereocenters. The number of esters is 1. The van der Waals surface area contributed by atoms with Crippen molar-refractivity contribution in [1.82, 2.24) is 0 Å². The third-order valence-electron chi connectivity index (χ3n) is 13.1. The summed E-state index contributed by atoms with van der Waals surface area (Å²) in [6.07, 6.45) is 55.4. The molecule has 12 nitrogen and oxygen atoms in total. The predicted octanol–water partition coefficient (Wildman–Crippen LogP) is 14.4. The van der Waals surface area contributed by atoms with Gasteiger partial charge in [0.15, 0.2) is 6.29 Å². The third-order valence-corrected chi connectivity index (χ3v) is 13.6. The van der Waals surface area contributed by atoms with Crippen molar-refractivity contribution >= 4 is 16.4 Å². The van der Waals surface area contributed by atoms with Gasteiger partial charge in [-0.2, -0.15) is 8.42 Å². The number of unbranched alkanes of at least 4 members (excludes halogenated alkanes) is 28. The van der Waals surface area contributed by atoms with Gasteiger partial charge in [0.25, 0.3) is 0 Å². The molecule has 13 heteroatoms. The lowest BCUT2D eigenvalue weighted by atomic mass is 9.99. The smallest absolute Gasteiger partial charge is 0.397 e. The van der Waals surface area contributed by atoms with E-state index in [1.165, 1.54) is 154 Å². The Morgan fingerprint density at radius 1 is 0.528 bits per heavy atom. The van der Waals surface area contributed by atoms with E-state index < -0.39 is 59.8 Å². The Labute approximate surface area is 439 Å². The Morgan fingerprint density at radius 2 is 0.917 bits per heavy atom. The van der Waals surface area contributed by atoms with Crippen LogP contribution in [0.15, 0.2) is 60.8 Å². The molecular weight excluding hydrogens is 933 g/mol. The predicted molar refractivity (Wildman–Crippen MR) is 294 cm³/mol. The molecule has 1 fully saturated rings. The fourth-order valence-corrected chi connectivity index (χ4v) is 9.22. The summed E-state index contributed by atoms with van der Waals surface area (Å²) < 4.78 is 59.4. The third kappa shape index (κ3) is 42.1. The fourth-order valence-electron chi connectivity index (χ4n) is 8.71. The maximum Gasteiger partial charge on any atom is 0.397 e. The lowest BCUT2D eigenvalue weighted by Gasteiger charge is -2.41. The molecule has 4 N–H and O–H groups in total. The Hall–Kier alpha value is -2.20. The van der Waals surface area contributed by atoms with Crippen LogP contribution in [0.2, 0.25) is 0 Å². The highest BCUT2D eigenvalue weighted by Crippen LogP contribution is 2.26. The summed E-state index contributed by atoms with van der Waals surface area (Å²) >= 11 is 0. The molecule has 0 spiro atoms. The summed E-state index contributed by atoms with van der Waals surface area (Å²) in [5.41, 5.74) is 0. The second-order valence-electron chi connectivity index (χ2n) is 19.9. The molecule has 1 saturated heterocycles. The standard InChI is InChI=1S/C59H106O12S/c1-3-5-7-9-11-13-15-17-19-21-23-25-26-27-28-29-30-32-34-36-38-40-42-44-46-48-55(61)69-53(52-68-59-57(63)58(71-72(64,65)66)56(62)54(50-60)70-59)51-67-49-47-45-43-41-39-37-35-33-31-24-22-20-18-16-14-12-10-8-6-4-2/h12,14-15,17-18,20-21,23-24,31,53-54,56-60,62-63H,3-11,13,16,19,22,25-30,32-52H2,1-2H3,(H,64,65,66)/b14-12-,17-15-,20-18-,23-21-,31-24-. The van der Waals surface area contributed by atoms with E-state index in [9.17, 15) is 33.1 Å². The minimum atomic E-state index is -5.07. The first kappa shape index (κ1) is 67.8. The molecule has 0 amide bonds. The van der Waals surface area contributed by atoms with Gasteiger partial charge < -0.3 is 34.3 Å². The minimum absolute atomic E-state index is 0.0281. The Kier molecular flexibility index (Phi) is 46.8. The van der Waals surface area contributed by atoms with Crippen LogP contribution >= 0.6 is 0 Å². The van der Waals surface area contributed by atoms with E-state index in [0.717, 1.165) is 64.2 Å². The van der Waals surface area contributed by atoms with E-state index in [1.54, 1.807) is 0 Å². The van der Waals surface area contributed by atoms with Crippen molar-refractivity contribution in [3.8, 4) is 0 Å². The lowest BCUT2D eigenvalue weighted by Crippen LogP contribution is -2.60. The van der Waals surface area contributed by atoms with Crippen LogP contribution < -0.4 is 0 Å². The molecule has 0 aliphatic carbocycles. The molecule has 0 radical (unpaired) electrons. The van der Waals surface area contributed by atoms with Crippen LogP contribution in [0.25, 0.3) is 0 Å². The second-order valence-corrected chi connectivity index (χ2v) is 20.9. The fraction of sp³-hybridized carbons (Fsp3) is 0.814. The Bertz CT molecular complexity index is 1480. The van der Waals surface area contributed by atoms with Gasteiger partial charge in [-0.25, -0.2) is 4.18 Å². The second kappa shape index (κ2) is 49.7. The van der Waals surface area contributed by atoms with Crippen LogP contribution in [0.5, 0.6) is 0 Å². The molecule has 1 heterocycles. The molecule has 0 aromatic heterocycles. The SMILES string of the molecule is CCCCC/C=C\C/C=C\C/C=C\CCCCCCCCCOCC(COC1OC(CO)C(O)C(OS(=O)(=O)O)C1O)OC(=O)CCCCCCCCCCCCCCC/C=C\C/C=C\CCCCCCC. The van der Waals surface area contributed by atoms with Gasteiger partial charge >= 0.3 is 16.4 Å². The van der Waals surface area contributed by atoms with E-state index in [0.29, 0.717) is 13.0 Å². The van der Waals surface area contributed by atoms with Gasteiger partial charge in [0.2, 0.25) is 0 Å². The van der Waals surface area contributed by atoms with E-state index in [1.807, 2.05) is 0 Å². The van der Waals surface area contributed by atoms with Crippen LogP contribution in [0.1, 0.15) is 245 Å². The van der Waals surface area contributed by atoms with Crippen molar-refractivity contribution in [2.75, 3.05) is 26.4 Å². The highest BCUT2D eigenvalue weighted by molar-refractivity contribution is 7.80. The van der Waals surface area contributed by atoms with Gasteiger partial charge in [-0.15, -0.1) is 0 Å². The number of carbonyl (C=O) groups is 1. The van der Waals surface area contributed by atoms with Crippen molar-refractivity contribution < 1.29 is 56.2 Å². The van der Waals surface area contributed by atoms with Crippen LogP contribution in [-0.4, -0.2) is 97.5 Å². The van der Waals surface area contributed by atoms with Crippen molar-refractivity contribution in [3.63, 3.8) is 0 Å². The normalized spacial score (nSPS) is 19.3. The zero-order valence-corrected chi connectivity index (χ0v) is 46.3. The van der Waals surface area contributed by atoms with Crippen molar-refractivity contribution in [1.29, 1.82) is 0 Å². The van der Waals surface area contributed by atoms with Crippen LogP contribution in [0.3, 0.4) is 0 Å².